The fourth-order valence-corrected chi connectivity index (χ4v) is 3.21. The zero-order valence-corrected chi connectivity index (χ0v) is 22.3. The minimum absolute atomic E-state index is 1.24. The van der Waals surface area contributed by atoms with Gasteiger partial charge in [-0.2, -0.15) is 0 Å². The van der Waals surface area contributed by atoms with Crippen LogP contribution in [0.25, 0.3) is 33.4 Å². The minimum atomic E-state index is 1.24. The molecule has 0 aliphatic rings. The molecule has 0 N–H and O–H groups in total. The molecule has 0 aliphatic heterocycles. The van der Waals surface area contributed by atoms with Crippen LogP contribution in [0.1, 0.15) is 61.0 Å². The Balaban J connectivity index is 0.00000116. The maximum atomic E-state index is 2.29. The van der Waals surface area contributed by atoms with Crippen LogP contribution in [0, 0.1) is 6.92 Å². The third-order valence-electron chi connectivity index (χ3n) is 4.50. The molecule has 0 fully saturated rings. The van der Waals surface area contributed by atoms with Crippen LogP contribution in [-0.2, 0) is 0 Å². The highest BCUT2D eigenvalue weighted by Crippen LogP contribution is 2.33. The zero-order chi connectivity index (χ0) is 25.1. The van der Waals surface area contributed by atoms with Crippen LogP contribution < -0.4 is 0 Å². The summed E-state index contributed by atoms with van der Waals surface area (Å²) in [4.78, 5) is 0. The fourth-order valence-electron chi connectivity index (χ4n) is 3.21. The second-order valence-electron chi connectivity index (χ2n) is 6.40. The van der Waals surface area contributed by atoms with E-state index in [2.05, 4.69) is 110 Å². The van der Waals surface area contributed by atoms with E-state index in [0.29, 0.717) is 0 Å². The maximum absolute atomic E-state index is 2.29. The predicted octanol–water partition coefficient (Wildman–Crippen LogP) is 11.1. The Bertz CT molecular complexity index is 925. The molecule has 0 spiro atoms. The van der Waals surface area contributed by atoms with Gasteiger partial charge in [0, 0.05) is 0 Å². The largest absolute Gasteiger partial charge is 0.0683 e. The molecule has 0 nitrogen and oxygen atoms in total. The first-order chi connectivity index (χ1) is 16.3. The summed E-state index contributed by atoms with van der Waals surface area (Å²) in [6.45, 7) is 18.1. The van der Waals surface area contributed by atoms with Gasteiger partial charge in [0.2, 0.25) is 0 Å². The van der Waals surface area contributed by atoms with Gasteiger partial charge in [-0.3, -0.25) is 0 Å². The Morgan fingerprint density at radius 2 is 0.636 bits per heavy atom. The van der Waals surface area contributed by atoms with Crippen LogP contribution in [0.15, 0.2) is 103 Å². The second kappa shape index (κ2) is 18.5. The molecule has 0 amide bonds. The Morgan fingerprint density at radius 3 is 1.00 bits per heavy atom. The molecule has 4 aromatic carbocycles. The van der Waals surface area contributed by atoms with Gasteiger partial charge in [-0.15, -0.1) is 0 Å². The van der Waals surface area contributed by atoms with E-state index in [4.69, 9.17) is 0 Å². The van der Waals surface area contributed by atoms with E-state index in [0.717, 1.165) is 0 Å². The Hall–Kier alpha value is -3.12. The molecule has 0 saturated carbocycles. The van der Waals surface area contributed by atoms with E-state index in [9.17, 15) is 0 Å². The van der Waals surface area contributed by atoms with E-state index in [-0.39, 0.29) is 0 Å². The number of hydrogen-bond donors (Lipinski definition) is 0. The summed E-state index contributed by atoms with van der Waals surface area (Å²) in [7, 11) is 0. The van der Waals surface area contributed by atoms with Crippen LogP contribution in [0.3, 0.4) is 0 Å². The molecule has 0 heteroatoms. The first kappa shape index (κ1) is 29.9. The molecule has 0 aliphatic carbocycles. The SMILES string of the molecule is CC.CC.CC.CC.Cc1cccc(-c2cc(-c3ccccc3)cc(-c3ccccc3)c2)c1. The van der Waals surface area contributed by atoms with Gasteiger partial charge in [-0.25, -0.2) is 0 Å². The third kappa shape index (κ3) is 9.49. The molecule has 0 bridgehead atoms. The molecular formula is C33H44. The Kier molecular flexibility index (Phi) is 16.7. The fraction of sp³-hybridized carbons (Fsp3) is 0.273. The molecule has 0 radical (unpaired) electrons. The first-order valence-corrected chi connectivity index (χ1v) is 12.6. The minimum Gasteiger partial charge on any atom is -0.0683 e. The van der Waals surface area contributed by atoms with Crippen LogP contribution in [0.4, 0.5) is 0 Å². The standard InChI is InChI=1S/C25H20.4C2H6/c1-19-9-8-14-22(15-19)25-17-23(20-10-4-2-5-11-20)16-24(18-25)21-12-6-3-7-13-21;4*1-2/h2-18H,1H3;4*1-2H3. The van der Waals surface area contributed by atoms with Crippen molar-refractivity contribution in [1.82, 2.24) is 0 Å². The number of hydrogen-bond acceptors (Lipinski definition) is 0. The summed E-state index contributed by atoms with van der Waals surface area (Å²) in [5, 5.41) is 0. The van der Waals surface area contributed by atoms with Gasteiger partial charge in [0.25, 0.3) is 0 Å². The highest BCUT2D eigenvalue weighted by Gasteiger charge is 2.07. The highest BCUT2D eigenvalue weighted by molar-refractivity contribution is 5.81. The monoisotopic (exact) mass is 440 g/mol. The number of rotatable bonds is 3. The van der Waals surface area contributed by atoms with Crippen molar-refractivity contribution in [2.24, 2.45) is 0 Å². The molecule has 4 aromatic rings. The first-order valence-electron chi connectivity index (χ1n) is 12.6. The molecular weight excluding hydrogens is 396 g/mol. The molecule has 0 atom stereocenters. The second-order valence-corrected chi connectivity index (χ2v) is 6.40. The highest BCUT2D eigenvalue weighted by atomic mass is 14.1. The lowest BCUT2D eigenvalue weighted by molar-refractivity contribution is 1.46. The van der Waals surface area contributed by atoms with Crippen LogP contribution in [0.5, 0.6) is 0 Å². The van der Waals surface area contributed by atoms with Crippen molar-refractivity contribution in [1.29, 1.82) is 0 Å². The van der Waals surface area contributed by atoms with Crippen molar-refractivity contribution < 1.29 is 0 Å². The van der Waals surface area contributed by atoms with Gasteiger partial charge in [-0.1, -0.05) is 146 Å². The van der Waals surface area contributed by atoms with Crippen LogP contribution in [0.2, 0.25) is 0 Å². The molecule has 4 rings (SSSR count). The normalized spacial score (nSPS) is 8.76. The summed E-state index contributed by atoms with van der Waals surface area (Å²) in [5.41, 5.74) is 8.78. The van der Waals surface area contributed by atoms with Gasteiger partial charge in [-0.05, 0) is 58.5 Å². The van der Waals surface area contributed by atoms with Crippen molar-refractivity contribution >= 4 is 0 Å². The number of benzene rings is 4. The Labute approximate surface area is 204 Å². The van der Waals surface area contributed by atoms with E-state index in [1.807, 2.05) is 55.4 Å². The van der Waals surface area contributed by atoms with E-state index < -0.39 is 0 Å². The summed E-state index contributed by atoms with van der Waals surface area (Å²) in [6, 6.07) is 36.7. The molecule has 0 saturated heterocycles. The maximum Gasteiger partial charge on any atom is -0.0172 e. The van der Waals surface area contributed by atoms with Gasteiger partial charge >= 0.3 is 0 Å². The van der Waals surface area contributed by atoms with Crippen molar-refractivity contribution in [2.75, 3.05) is 0 Å². The summed E-state index contributed by atoms with van der Waals surface area (Å²) >= 11 is 0. The van der Waals surface area contributed by atoms with Crippen molar-refractivity contribution in [3.05, 3.63) is 109 Å². The lowest BCUT2D eigenvalue weighted by atomic mass is 9.93. The molecule has 176 valence electrons. The van der Waals surface area contributed by atoms with Crippen molar-refractivity contribution in [3.63, 3.8) is 0 Å². The van der Waals surface area contributed by atoms with Gasteiger partial charge in [0.1, 0.15) is 0 Å². The van der Waals surface area contributed by atoms with E-state index in [1.54, 1.807) is 0 Å². The topological polar surface area (TPSA) is 0 Å². The van der Waals surface area contributed by atoms with Gasteiger partial charge < -0.3 is 0 Å². The van der Waals surface area contributed by atoms with Gasteiger partial charge in [0.15, 0.2) is 0 Å². The predicted molar refractivity (Wildman–Crippen MR) is 153 cm³/mol. The zero-order valence-electron chi connectivity index (χ0n) is 22.3. The quantitative estimate of drug-likeness (QED) is 0.297. The number of aryl methyl sites for hydroxylation is 1. The Morgan fingerprint density at radius 1 is 0.303 bits per heavy atom. The van der Waals surface area contributed by atoms with Crippen LogP contribution in [-0.4, -0.2) is 0 Å². The van der Waals surface area contributed by atoms with Crippen molar-refractivity contribution in [2.45, 2.75) is 62.3 Å². The van der Waals surface area contributed by atoms with Gasteiger partial charge in [0.05, 0.1) is 0 Å². The third-order valence-corrected chi connectivity index (χ3v) is 4.50. The lowest BCUT2D eigenvalue weighted by Gasteiger charge is -2.11. The summed E-state index contributed by atoms with van der Waals surface area (Å²) in [6.07, 6.45) is 0. The molecule has 0 unspecified atom stereocenters. The average molecular weight is 441 g/mol. The molecule has 0 aromatic heterocycles. The summed E-state index contributed by atoms with van der Waals surface area (Å²) in [5.74, 6) is 0. The average Bonchev–Trinajstić information content (AvgIpc) is 2.94. The van der Waals surface area contributed by atoms with E-state index >= 15 is 0 Å². The van der Waals surface area contributed by atoms with Crippen molar-refractivity contribution in [3.8, 4) is 33.4 Å². The smallest absolute Gasteiger partial charge is 0.0172 e. The lowest BCUT2D eigenvalue weighted by Crippen LogP contribution is -1.86. The molecule has 33 heavy (non-hydrogen) atoms. The summed E-state index contributed by atoms with van der Waals surface area (Å²) < 4.78 is 0. The molecule has 0 heterocycles. The van der Waals surface area contributed by atoms with E-state index in [1.165, 1.54) is 38.9 Å². The van der Waals surface area contributed by atoms with Crippen LogP contribution >= 0.6 is 0 Å².